The third kappa shape index (κ3) is 4.38. The van der Waals surface area contributed by atoms with E-state index in [4.69, 9.17) is 0 Å². The number of halogens is 2. The van der Waals surface area contributed by atoms with Crippen molar-refractivity contribution in [3.63, 3.8) is 0 Å². The normalized spacial score (nSPS) is 16.1. The molecule has 126 valence electrons. The van der Waals surface area contributed by atoms with Gasteiger partial charge >= 0.3 is 0 Å². The highest BCUT2D eigenvalue weighted by atomic mass is 19.1. The third-order valence-electron chi connectivity index (χ3n) is 4.35. The number of amides is 1. The molecule has 2 aromatic rings. The minimum atomic E-state index is -0.347. The maximum absolute atomic E-state index is 12.9. The molecule has 0 aliphatic carbocycles. The second kappa shape index (κ2) is 7.53. The molecule has 1 saturated heterocycles. The van der Waals surface area contributed by atoms with Gasteiger partial charge in [0.25, 0.3) is 5.91 Å². The van der Waals surface area contributed by atoms with Gasteiger partial charge in [-0.3, -0.25) is 9.69 Å². The van der Waals surface area contributed by atoms with E-state index < -0.39 is 0 Å². The molecule has 1 amide bonds. The zero-order valence-electron chi connectivity index (χ0n) is 13.3. The van der Waals surface area contributed by atoms with Crippen LogP contribution in [-0.4, -0.2) is 29.9 Å². The first-order valence-electron chi connectivity index (χ1n) is 8.13. The lowest BCUT2D eigenvalue weighted by molar-refractivity contribution is 0.0909. The molecule has 1 N–H and O–H groups in total. The largest absolute Gasteiger partial charge is 0.349 e. The van der Waals surface area contributed by atoms with Crippen LogP contribution >= 0.6 is 0 Å². The monoisotopic (exact) mass is 330 g/mol. The Morgan fingerprint density at radius 2 is 1.50 bits per heavy atom. The summed E-state index contributed by atoms with van der Waals surface area (Å²) in [6.07, 6.45) is 1.74. The molecule has 1 fully saturated rings. The van der Waals surface area contributed by atoms with E-state index in [1.54, 1.807) is 12.1 Å². The summed E-state index contributed by atoms with van der Waals surface area (Å²) in [6, 6.07) is 12.3. The van der Waals surface area contributed by atoms with E-state index in [9.17, 15) is 13.6 Å². The highest BCUT2D eigenvalue weighted by molar-refractivity contribution is 5.94. The molecule has 1 aliphatic heterocycles. The van der Waals surface area contributed by atoms with Crippen molar-refractivity contribution in [2.45, 2.75) is 25.4 Å². The molecule has 0 saturated carbocycles. The standard InChI is InChI=1S/C19H20F2N2O/c20-16-5-1-14(2-6-16)13-23-11-9-18(10-12-23)22-19(24)15-3-7-17(21)8-4-15/h1-8,18H,9-13H2,(H,22,24). The highest BCUT2D eigenvalue weighted by Gasteiger charge is 2.21. The molecular weight excluding hydrogens is 310 g/mol. The van der Waals surface area contributed by atoms with Gasteiger partial charge in [0.05, 0.1) is 0 Å². The van der Waals surface area contributed by atoms with Crippen LogP contribution in [0.25, 0.3) is 0 Å². The van der Waals surface area contributed by atoms with Gasteiger partial charge in [-0.05, 0) is 54.8 Å². The Kier molecular flexibility index (Phi) is 5.20. The zero-order chi connectivity index (χ0) is 16.9. The molecule has 24 heavy (non-hydrogen) atoms. The van der Waals surface area contributed by atoms with E-state index in [1.807, 2.05) is 0 Å². The number of nitrogens with zero attached hydrogens (tertiary/aromatic N) is 1. The number of nitrogens with one attached hydrogen (secondary N) is 1. The topological polar surface area (TPSA) is 32.3 Å². The molecule has 5 heteroatoms. The quantitative estimate of drug-likeness (QED) is 0.932. The van der Waals surface area contributed by atoms with Crippen LogP contribution in [0.5, 0.6) is 0 Å². The summed E-state index contributed by atoms with van der Waals surface area (Å²) in [5.74, 6) is -0.728. The van der Waals surface area contributed by atoms with Gasteiger partial charge in [0.15, 0.2) is 0 Å². The van der Waals surface area contributed by atoms with Crippen molar-refractivity contribution >= 4 is 5.91 Å². The van der Waals surface area contributed by atoms with Crippen molar-refractivity contribution in [1.82, 2.24) is 10.2 Å². The van der Waals surface area contributed by atoms with Gasteiger partial charge in [0.1, 0.15) is 11.6 Å². The van der Waals surface area contributed by atoms with E-state index in [0.717, 1.165) is 38.0 Å². The Morgan fingerprint density at radius 1 is 0.958 bits per heavy atom. The fourth-order valence-corrected chi connectivity index (χ4v) is 2.95. The Hall–Kier alpha value is -2.27. The summed E-state index contributed by atoms with van der Waals surface area (Å²) in [4.78, 5) is 14.4. The van der Waals surface area contributed by atoms with Crippen molar-refractivity contribution in [3.05, 3.63) is 71.3 Å². The van der Waals surface area contributed by atoms with Crippen molar-refractivity contribution in [2.24, 2.45) is 0 Å². The van der Waals surface area contributed by atoms with Gasteiger partial charge in [-0.1, -0.05) is 12.1 Å². The molecule has 3 nitrogen and oxygen atoms in total. The second-order valence-electron chi connectivity index (χ2n) is 6.16. The molecule has 0 unspecified atom stereocenters. The van der Waals surface area contributed by atoms with Crippen LogP contribution in [-0.2, 0) is 6.54 Å². The lowest BCUT2D eigenvalue weighted by Crippen LogP contribution is -2.44. The molecular formula is C19H20F2N2O. The molecule has 0 atom stereocenters. The third-order valence-corrected chi connectivity index (χ3v) is 4.35. The molecule has 3 rings (SSSR count). The van der Waals surface area contributed by atoms with Crippen LogP contribution in [0.4, 0.5) is 8.78 Å². The predicted octanol–water partition coefficient (Wildman–Crippen LogP) is 3.36. The van der Waals surface area contributed by atoms with E-state index >= 15 is 0 Å². The zero-order valence-corrected chi connectivity index (χ0v) is 13.3. The fraction of sp³-hybridized carbons (Fsp3) is 0.316. The van der Waals surface area contributed by atoms with Crippen LogP contribution in [0.15, 0.2) is 48.5 Å². The fourth-order valence-electron chi connectivity index (χ4n) is 2.95. The van der Waals surface area contributed by atoms with Gasteiger partial charge < -0.3 is 5.32 Å². The molecule has 2 aromatic carbocycles. The molecule has 0 aromatic heterocycles. The van der Waals surface area contributed by atoms with Crippen LogP contribution in [0.3, 0.4) is 0 Å². The first kappa shape index (κ1) is 16.6. The van der Waals surface area contributed by atoms with Crippen LogP contribution < -0.4 is 5.32 Å². The summed E-state index contributed by atoms with van der Waals surface area (Å²) in [5, 5.41) is 3.01. The van der Waals surface area contributed by atoms with Crippen LogP contribution in [0, 0.1) is 11.6 Å². The Bertz CT molecular complexity index is 678. The maximum Gasteiger partial charge on any atom is 0.251 e. The summed E-state index contributed by atoms with van der Waals surface area (Å²) in [6.45, 7) is 2.55. The first-order valence-corrected chi connectivity index (χ1v) is 8.13. The number of rotatable bonds is 4. The summed E-state index contributed by atoms with van der Waals surface area (Å²) in [5.41, 5.74) is 1.57. The van der Waals surface area contributed by atoms with Crippen molar-refractivity contribution in [3.8, 4) is 0 Å². The molecule has 0 bridgehead atoms. The minimum absolute atomic E-state index is 0.132. The second-order valence-corrected chi connectivity index (χ2v) is 6.16. The maximum atomic E-state index is 12.9. The Labute approximate surface area is 140 Å². The SMILES string of the molecule is O=C(NC1CCN(Cc2ccc(F)cc2)CC1)c1ccc(F)cc1. The van der Waals surface area contributed by atoms with Gasteiger partial charge in [-0.25, -0.2) is 8.78 Å². The van der Waals surface area contributed by atoms with Crippen molar-refractivity contribution < 1.29 is 13.6 Å². The van der Waals surface area contributed by atoms with Gasteiger partial charge in [0, 0.05) is 31.2 Å². The average molecular weight is 330 g/mol. The first-order chi connectivity index (χ1) is 11.6. The number of likely N-dealkylation sites (tertiary alicyclic amines) is 1. The predicted molar refractivity (Wildman–Crippen MR) is 88.6 cm³/mol. The Morgan fingerprint density at radius 3 is 2.08 bits per heavy atom. The summed E-state index contributed by atoms with van der Waals surface area (Å²) < 4.78 is 25.8. The number of carbonyl (C=O) groups is 1. The van der Waals surface area contributed by atoms with Crippen molar-refractivity contribution in [2.75, 3.05) is 13.1 Å². The molecule has 0 radical (unpaired) electrons. The number of piperidine rings is 1. The van der Waals surface area contributed by atoms with E-state index in [2.05, 4.69) is 10.2 Å². The van der Waals surface area contributed by atoms with Gasteiger partial charge in [-0.15, -0.1) is 0 Å². The Balaban J connectivity index is 1.47. The summed E-state index contributed by atoms with van der Waals surface area (Å²) >= 11 is 0. The number of carbonyl (C=O) groups excluding carboxylic acids is 1. The van der Waals surface area contributed by atoms with E-state index in [1.165, 1.54) is 36.4 Å². The molecule has 1 aliphatic rings. The number of benzene rings is 2. The van der Waals surface area contributed by atoms with Gasteiger partial charge in [-0.2, -0.15) is 0 Å². The molecule has 1 heterocycles. The average Bonchev–Trinajstić information content (AvgIpc) is 2.59. The summed E-state index contributed by atoms with van der Waals surface area (Å²) in [7, 11) is 0. The minimum Gasteiger partial charge on any atom is -0.349 e. The lowest BCUT2D eigenvalue weighted by Gasteiger charge is -2.32. The highest BCUT2D eigenvalue weighted by Crippen LogP contribution is 2.15. The van der Waals surface area contributed by atoms with Crippen LogP contribution in [0.2, 0.25) is 0 Å². The van der Waals surface area contributed by atoms with Gasteiger partial charge in [0.2, 0.25) is 0 Å². The number of hydrogen-bond acceptors (Lipinski definition) is 2. The smallest absolute Gasteiger partial charge is 0.251 e. The van der Waals surface area contributed by atoms with E-state index in [0.29, 0.717) is 5.56 Å². The van der Waals surface area contributed by atoms with Crippen LogP contribution in [0.1, 0.15) is 28.8 Å². The van der Waals surface area contributed by atoms with E-state index in [-0.39, 0.29) is 23.6 Å². The molecule has 0 spiro atoms. The lowest BCUT2D eigenvalue weighted by atomic mass is 10.0. The van der Waals surface area contributed by atoms with Crippen molar-refractivity contribution in [1.29, 1.82) is 0 Å². The number of hydrogen-bond donors (Lipinski definition) is 1.